The number of nitrogens with zero attached hydrogens (tertiary/aromatic N) is 2. The van der Waals surface area contributed by atoms with Crippen molar-refractivity contribution in [1.82, 2.24) is 4.90 Å². The third-order valence-electron chi connectivity index (χ3n) is 4.48. The quantitative estimate of drug-likeness (QED) is 0.565. The highest BCUT2D eigenvalue weighted by Crippen LogP contribution is 2.20. The average Bonchev–Trinajstić information content (AvgIpc) is 2.68. The number of rotatable bonds is 5. The predicted octanol–water partition coefficient (Wildman–Crippen LogP) is 3.68. The number of carbonyl (C=O) groups excluding carboxylic acids is 1. The molecule has 7 heteroatoms. The van der Waals surface area contributed by atoms with Gasteiger partial charge < -0.3 is 24.3 Å². The lowest BCUT2D eigenvalue weighted by molar-refractivity contribution is -0.614. The molecule has 2 aromatic rings. The number of carbonyl (C=O) groups is 1. The van der Waals surface area contributed by atoms with Gasteiger partial charge in [-0.05, 0) is 32.4 Å². The minimum atomic E-state index is -0.511. The summed E-state index contributed by atoms with van der Waals surface area (Å²) in [6.45, 7) is 7.01. The van der Waals surface area contributed by atoms with Crippen LogP contribution in [0.15, 0.2) is 48.7 Å². The van der Waals surface area contributed by atoms with E-state index in [9.17, 15) is 10.0 Å². The van der Waals surface area contributed by atoms with Crippen molar-refractivity contribution in [3.63, 3.8) is 0 Å². The molecule has 0 aliphatic carbocycles. The highest BCUT2D eigenvalue weighted by Gasteiger charge is 2.28. The standard InChI is InChI=1S/C22H28N2O5/c1-22(2,3)29-21(25)23-13-11-18(12-14-23)28-20-10-9-19(15-24(20)26)27-16-17-7-5-4-6-8-17/h4-10,15,18H,11-14,16H2,1-3H3. The summed E-state index contributed by atoms with van der Waals surface area (Å²) in [5.41, 5.74) is 0.519. The zero-order valence-electron chi connectivity index (χ0n) is 17.2. The van der Waals surface area contributed by atoms with Crippen molar-refractivity contribution >= 4 is 6.09 Å². The van der Waals surface area contributed by atoms with Gasteiger partial charge in [0.25, 0.3) is 0 Å². The summed E-state index contributed by atoms with van der Waals surface area (Å²) in [6.07, 6.45) is 2.23. The van der Waals surface area contributed by atoms with E-state index in [1.807, 2.05) is 51.1 Å². The third-order valence-corrected chi connectivity index (χ3v) is 4.48. The molecule has 0 radical (unpaired) electrons. The van der Waals surface area contributed by atoms with Crippen LogP contribution in [0.25, 0.3) is 0 Å². The lowest BCUT2D eigenvalue weighted by Gasteiger charge is -2.33. The van der Waals surface area contributed by atoms with Gasteiger partial charge in [0.2, 0.25) is 6.20 Å². The maximum atomic E-state index is 12.3. The van der Waals surface area contributed by atoms with Crippen LogP contribution in [0, 0.1) is 5.21 Å². The lowest BCUT2D eigenvalue weighted by atomic mass is 10.1. The second-order valence-electron chi connectivity index (χ2n) is 8.09. The van der Waals surface area contributed by atoms with Gasteiger partial charge in [0, 0.05) is 25.9 Å². The summed E-state index contributed by atoms with van der Waals surface area (Å²) < 4.78 is 17.6. The molecule has 1 aliphatic heterocycles. The summed E-state index contributed by atoms with van der Waals surface area (Å²) in [4.78, 5) is 13.8. The molecule has 0 N–H and O–H groups in total. The number of amides is 1. The highest BCUT2D eigenvalue weighted by atomic mass is 16.6. The van der Waals surface area contributed by atoms with Crippen molar-refractivity contribution in [3.05, 3.63) is 59.4 Å². The van der Waals surface area contributed by atoms with Crippen molar-refractivity contribution in [3.8, 4) is 11.6 Å². The van der Waals surface area contributed by atoms with Gasteiger partial charge >= 0.3 is 12.0 Å². The fourth-order valence-electron chi connectivity index (χ4n) is 3.02. The van der Waals surface area contributed by atoms with Crippen LogP contribution >= 0.6 is 0 Å². The number of aromatic nitrogens is 1. The van der Waals surface area contributed by atoms with Crippen molar-refractivity contribution in [1.29, 1.82) is 0 Å². The molecule has 29 heavy (non-hydrogen) atoms. The van der Waals surface area contributed by atoms with Crippen LogP contribution in [-0.4, -0.2) is 35.8 Å². The third kappa shape index (κ3) is 6.27. The highest BCUT2D eigenvalue weighted by molar-refractivity contribution is 5.68. The van der Waals surface area contributed by atoms with Crippen molar-refractivity contribution in [2.45, 2.75) is 51.9 Å². The molecule has 1 fully saturated rings. The summed E-state index contributed by atoms with van der Waals surface area (Å²) in [7, 11) is 0. The topological polar surface area (TPSA) is 74.9 Å². The Morgan fingerprint density at radius 1 is 1.14 bits per heavy atom. The molecule has 1 amide bonds. The van der Waals surface area contributed by atoms with E-state index in [1.165, 1.54) is 6.20 Å². The van der Waals surface area contributed by atoms with Crippen LogP contribution in [0.2, 0.25) is 0 Å². The lowest BCUT2D eigenvalue weighted by Crippen LogP contribution is -2.45. The molecular weight excluding hydrogens is 372 g/mol. The Hall–Kier alpha value is -2.96. The van der Waals surface area contributed by atoms with Crippen molar-refractivity contribution < 1.29 is 23.7 Å². The molecule has 2 heterocycles. The number of pyridine rings is 1. The van der Waals surface area contributed by atoms with Gasteiger partial charge in [0.1, 0.15) is 18.3 Å². The monoisotopic (exact) mass is 400 g/mol. The SMILES string of the molecule is CC(C)(C)OC(=O)N1CCC(Oc2ccc(OCc3ccccc3)c[n+]2[O-])CC1. The predicted molar refractivity (Wildman–Crippen MR) is 108 cm³/mol. The van der Waals surface area contributed by atoms with E-state index >= 15 is 0 Å². The van der Waals surface area contributed by atoms with E-state index in [-0.39, 0.29) is 18.1 Å². The van der Waals surface area contributed by atoms with Gasteiger partial charge in [-0.15, -0.1) is 4.73 Å². The molecule has 0 unspecified atom stereocenters. The number of benzene rings is 1. The molecule has 156 valence electrons. The maximum Gasteiger partial charge on any atom is 0.410 e. The van der Waals surface area contributed by atoms with Crippen LogP contribution in [0.4, 0.5) is 4.79 Å². The Balaban J connectivity index is 1.49. The second kappa shape index (κ2) is 9.03. The zero-order valence-corrected chi connectivity index (χ0v) is 17.2. The van der Waals surface area contributed by atoms with Crippen LogP contribution in [0.3, 0.4) is 0 Å². The first-order chi connectivity index (χ1) is 13.8. The first-order valence-corrected chi connectivity index (χ1v) is 9.85. The van der Waals surface area contributed by atoms with E-state index in [4.69, 9.17) is 14.2 Å². The number of hydrogen-bond acceptors (Lipinski definition) is 5. The van der Waals surface area contributed by atoms with Crippen LogP contribution in [-0.2, 0) is 11.3 Å². The number of piperidine rings is 1. The molecule has 0 bridgehead atoms. The smallest absolute Gasteiger partial charge is 0.410 e. The average molecular weight is 400 g/mol. The van der Waals surface area contributed by atoms with E-state index in [2.05, 4.69) is 0 Å². The zero-order chi connectivity index (χ0) is 20.9. The van der Waals surface area contributed by atoms with Crippen LogP contribution in [0.1, 0.15) is 39.2 Å². The maximum absolute atomic E-state index is 12.3. The Kier molecular flexibility index (Phi) is 6.46. The Morgan fingerprint density at radius 2 is 1.83 bits per heavy atom. The number of ether oxygens (including phenoxy) is 3. The van der Waals surface area contributed by atoms with Gasteiger partial charge in [-0.25, -0.2) is 4.79 Å². The molecule has 3 rings (SSSR count). The van der Waals surface area contributed by atoms with E-state index in [1.54, 1.807) is 17.0 Å². The summed E-state index contributed by atoms with van der Waals surface area (Å²) in [5.74, 6) is 0.712. The fraction of sp³-hybridized carbons (Fsp3) is 0.455. The van der Waals surface area contributed by atoms with E-state index in [0.717, 1.165) is 5.56 Å². The summed E-state index contributed by atoms with van der Waals surface area (Å²) >= 11 is 0. The van der Waals surface area contributed by atoms with Gasteiger partial charge in [-0.1, -0.05) is 30.3 Å². The molecule has 7 nitrogen and oxygen atoms in total. The van der Waals surface area contributed by atoms with Gasteiger partial charge in [-0.2, -0.15) is 0 Å². The van der Waals surface area contributed by atoms with Crippen molar-refractivity contribution in [2.24, 2.45) is 0 Å². The normalized spacial score (nSPS) is 15.1. The Bertz CT molecular complexity index is 812. The van der Waals surface area contributed by atoms with Crippen LogP contribution in [0.5, 0.6) is 11.6 Å². The van der Waals surface area contributed by atoms with Gasteiger partial charge in [0.15, 0.2) is 5.75 Å². The minimum Gasteiger partial charge on any atom is -0.616 e. The van der Waals surface area contributed by atoms with Gasteiger partial charge in [-0.3, -0.25) is 0 Å². The minimum absolute atomic E-state index is 0.120. The first kappa shape index (κ1) is 20.8. The first-order valence-electron chi connectivity index (χ1n) is 9.85. The molecule has 0 spiro atoms. The fourth-order valence-corrected chi connectivity index (χ4v) is 3.02. The molecule has 0 atom stereocenters. The summed E-state index contributed by atoms with van der Waals surface area (Å²) in [6, 6.07) is 13.1. The number of hydrogen-bond donors (Lipinski definition) is 0. The molecule has 0 saturated carbocycles. The Labute approximate surface area is 171 Å². The second-order valence-corrected chi connectivity index (χ2v) is 8.09. The molecule has 1 aliphatic rings. The summed E-state index contributed by atoms with van der Waals surface area (Å²) in [5, 5.41) is 12.3. The molecule has 1 saturated heterocycles. The van der Waals surface area contributed by atoms with E-state index in [0.29, 0.717) is 43.0 Å². The van der Waals surface area contributed by atoms with Gasteiger partial charge in [0.05, 0.1) is 6.07 Å². The number of likely N-dealkylation sites (tertiary alicyclic amines) is 1. The van der Waals surface area contributed by atoms with Crippen molar-refractivity contribution in [2.75, 3.05) is 13.1 Å². The molecule has 1 aromatic heterocycles. The molecular formula is C22H28N2O5. The molecule has 1 aromatic carbocycles. The largest absolute Gasteiger partial charge is 0.616 e. The Morgan fingerprint density at radius 3 is 2.45 bits per heavy atom. The van der Waals surface area contributed by atoms with E-state index < -0.39 is 5.60 Å². The van der Waals surface area contributed by atoms with Crippen LogP contribution < -0.4 is 14.2 Å².